The molecule has 156 valence electrons. The van der Waals surface area contributed by atoms with Gasteiger partial charge in [0.2, 0.25) is 0 Å². The maximum atomic E-state index is 12.4. The van der Waals surface area contributed by atoms with Gasteiger partial charge in [0, 0.05) is 23.7 Å². The third kappa shape index (κ3) is 5.82. The van der Waals surface area contributed by atoms with Crippen LogP contribution in [0.1, 0.15) is 36.7 Å². The van der Waals surface area contributed by atoms with Crippen LogP contribution in [0.4, 0.5) is 11.4 Å². The van der Waals surface area contributed by atoms with E-state index in [0.29, 0.717) is 35.7 Å². The first kappa shape index (κ1) is 21.3. The summed E-state index contributed by atoms with van der Waals surface area (Å²) in [7, 11) is 0. The van der Waals surface area contributed by atoms with Crippen molar-refractivity contribution in [2.45, 2.75) is 38.9 Å². The normalized spacial score (nSPS) is 15.3. The van der Waals surface area contributed by atoms with E-state index in [1.807, 2.05) is 26.8 Å². The van der Waals surface area contributed by atoms with E-state index >= 15 is 0 Å². The molecule has 7 heteroatoms. The lowest BCUT2D eigenvalue weighted by Crippen LogP contribution is -2.33. The number of nitrogens with one attached hydrogen (secondary N) is 1. The first-order valence-corrected chi connectivity index (χ1v) is 9.61. The lowest BCUT2D eigenvalue weighted by atomic mass is 10.0. The highest BCUT2D eigenvalue weighted by atomic mass is 16.6. The Hall–Kier alpha value is -3.37. The Labute approximate surface area is 175 Å². The molecule has 3 rings (SSSR count). The standard InChI is InChI=1S/C23H24N2O5/c1-23(2,3)30-21(26)14-28-19-11-16-7-10-18(12-20(16)29-13-19)25-22(27)15-5-8-17(24-4)9-6-15/h5-10,12,19H,11,13-14H2,1-3H3,(H,25,27). The average Bonchev–Trinajstić information content (AvgIpc) is 2.71. The van der Waals surface area contributed by atoms with Crippen molar-refractivity contribution in [3.63, 3.8) is 0 Å². The molecule has 0 aliphatic carbocycles. The summed E-state index contributed by atoms with van der Waals surface area (Å²) in [5, 5.41) is 2.83. The zero-order valence-electron chi connectivity index (χ0n) is 17.2. The van der Waals surface area contributed by atoms with Crippen molar-refractivity contribution in [2.24, 2.45) is 0 Å². The molecule has 1 aliphatic rings. The predicted molar refractivity (Wildman–Crippen MR) is 112 cm³/mol. The molecule has 30 heavy (non-hydrogen) atoms. The fourth-order valence-corrected chi connectivity index (χ4v) is 2.98. The Kier molecular flexibility index (Phi) is 6.38. The zero-order chi connectivity index (χ0) is 21.7. The topological polar surface area (TPSA) is 78.2 Å². The van der Waals surface area contributed by atoms with Crippen LogP contribution in [0.15, 0.2) is 42.5 Å². The molecule has 1 heterocycles. The number of carbonyl (C=O) groups excluding carboxylic acids is 2. The Morgan fingerprint density at radius 2 is 1.93 bits per heavy atom. The molecule has 0 fully saturated rings. The molecule has 1 unspecified atom stereocenters. The maximum Gasteiger partial charge on any atom is 0.332 e. The van der Waals surface area contributed by atoms with Gasteiger partial charge in [-0.15, -0.1) is 0 Å². The van der Waals surface area contributed by atoms with Crippen LogP contribution in [0.5, 0.6) is 5.75 Å². The van der Waals surface area contributed by atoms with E-state index in [9.17, 15) is 9.59 Å². The molecular weight excluding hydrogens is 384 g/mol. The highest BCUT2D eigenvalue weighted by Gasteiger charge is 2.23. The van der Waals surface area contributed by atoms with Crippen molar-refractivity contribution < 1.29 is 23.8 Å². The lowest BCUT2D eigenvalue weighted by molar-refractivity contribution is -0.163. The van der Waals surface area contributed by atoms with Crippen molar-refractivity contribution in [2.75, 3.05) is 18.5 Å². The quantitative estimate of drug-likeness (QED) is 0.594. The van der Waals surface area contributed by atoms with Gasteiger partial charge >= 0.3 is 5.97 Å². The number of ether oxygens (including phenoxy) is 3. The van der Waals surface area contributed by atoms with E-state index in [4.69, 9.17) is 20.8 Å². The third-order valence-electron chi connectivity index (χ3n) is 4.31. The Bertz CT molecular complexity index is 971. The molecule has 0 spiro atoms. The third-order valence-corrected chi connectivity index (χ3v) is 4.31. The first-order chi connectivity index (χ1) is 14.2. The molecule has 2 aromatic rings. The highest BCUT2D eigenvalue weighted by molar-refractivity contribution is 6.04. The van der Waals surface area contributed by atoms with Gasteiger partial charge in [0.15, 0.2) is 5.69 Å². The van der Waals surface area contributed by atoms with Gasteiger partial charge in [-0.05, 0) is 32.4 Å². The van der Waals surface area contributed by atoms with Crippen LogP contribution in [-0.4, -0.2) is 36.8 Å². The Morgan fingerprint density at radius 1 is 1.20 bits per heavy atom. The summed E-state index contributed by atoms with van der Waals surface area (Å²) in [6.07, 6.45) is 0.358. The molecule has 0 bridgehead atoms. The minimum absolute atomic E-state index is 0.124. The van der Waals surface area contributed by atoms with Gasteiger partial charge in [0.1, 0.15) is 24.6 Å². The minimum atomic E-state index is -0.546. The molecule has 0 aromatic heterocycles. The molecule has 1 aliphatic heterocycles. The summed E-state index contributed by atoms with van der Waals surface area (Å²) in [6, 6.07) is 11.9. The number of esters is 1. The molecule has 7 nitrogen and oxygen atoms in total. The average molecular weight is 408 g/mol. The monoisotopic (exact) mass is 408 g/mol. The van der Waals surface area contributed by atoms with Crippen molar-refractivity contribution in [1.29, 1.82) is 0 Å². The molecule has 1 amide bonds. The summed E-state index contributed by atoms with van der Waals surface area (Å²) in [4.78, 5) is 27.5. The summed E-state index contributed by atoms with van der Waals surface area (Å²) in [5.41, 5.74) is 1.96. The summed E-state index contributed by atoms with van der Waals surface area (Å²) >= 11 is 0. The summed E-state index contributed by atoms with van der Waals surface area (Å²) < 4.78 is 16.6. The van der Waals surface area contributed by atoms with E-state index in [-0.39, 0.29) is 18.6 Å². The van der Waals surface area contributed by atoms with Gasteiger partial charge in [-0.25, -0.2) is 9.64 Å². The van der Waals surface area contributed by atoms with Gasteiger partial charge in [-0.1, -0.05) is 30.3 Å². The van der Waals surface area contributed by atoms with Gasteiger partial charge < -0.3 is 19.5 Å². The van der Waals surface area contributed by atoms with Crippen LogP contribution >= 0.6 is 0 Å². The number of anilines is 1. The molecule has 2 aromatic carbocycles. The van der Waals surface area contributed by atoms with Gasteiger partial charge in [0.05, 0.1) is 12.7 Å². The molecule has 0 radical (unpaired) electrons. The van der Waals surface area contributed by atoms with Crippen molar-refractivity contribution in [3.05, 3.63) is 65.0 Å². The molecule has 0 saturated carbocycles. The number of nitrogens with zero attached hydrogens (tertiary/aromatic N) is 1. The number of hydrogen-bond acceptors (Lipinski definition) is 5. The summed E-state index contributed by atoms with van der Waals surface area (Å²) in [6.45, 7) is 12.6. The molecule has 0 saturated heterocycles. The number of fused-ring (bicyclic) bond motifs is 1. The van der Waals surface area contributed by atoms with E-state index in [0.717, 1.165) is 5.56 Å². The Balaban J connectivity index is 1.56. The second-order valence-electron chi connectivity index (χ2n) is 7.97. The van der Waals surface area contributed by atoms with E-state index in [2.05, 4.69) is 10.2 Å². The molecule has 1 atom stereocenters. The fourth-order valence-electron chi connectivity index (χ4n) is 2.98. The van der Waals surface area contributed by atoms with Crippen LogP contribution in [0.25, 0.3) is 4.85 Å². The van der Waals surface area contributed by atoms with Crippen LogP contribution < -0.4 is 10.1 Å². The second-order valence-corrected chi connectivity index (χ2v) is 7.97. The largest absolute Gasteiger partial charge is 0.491 e. The summed E-state index contributed by atoms with van der Waals surface area (Å²) in [5.74, 6) is 0.00456. The van der Waals surface area contributed by atoms with Gasteiger partial charge in [-0.2, -0.15) is 0 Å². The Morgan fingerprint density at radius 3 is 2.60 bits per heavy atom. The number of carbonyl (C=O) groups is 2. The van der Waals surface area contributed by atoms with Crippen molar-refractivity contribution in [1.82, 2.24) is 0 Å². The van der Waals surface area contributed by atoms with Crippen LogP contribution in [0, 0.1) is 6.57 Å². The number of rotatable bonds is 5. The molecular formula is C23H24N2O5. The highest BCUT2D eigenvalue weighted by Crippen LogP contribution is 2.29. The van der Waals surface area contributed by atoms with Crippen LogP contribution in [0.2, 0.25) is 0 Å². The van der Waals surface area contributed by atoms with Crippen molar-refractivity contribution in [3.8, 4) is 5.75 Å². The molecule has 1 N–H and O–H groups in total. The second kappa shape index (κ2) is 8.97. The maximum absolute atomic E-state index is 12.4. The number of benzene rings is 2. The van der Waals surface area contributed by atoms with Crippen LogP contribution in [0.3, 0.4) is 0 Å². The SMILES string of the molecule is [C-]#[N+]c1ccc(C(=O)Nc2ccc3c(c2)OCC(OCC(=O)OC(C)(C)C)C3)cc1. The fraction of sp³-hybridized carbons (Fsp3) is 0.348. The van der Waals surface area contributed by atoms with Crippen LogP contribution in [-0.2, 0) is 20.7 Å². The van der Waals surface area contributed by atoms with Gasteiger partial charge in [0.25, 0.3) is 5.91 Å². The first-order valence-electron chi connectivity index (χ1n) is 9.61. The van der Waals surface area contributed by atoms with Gasteiger partial charge in [-0.3, -0.25) is 4.79 Å². The number of hydrogen-bond donors (Lipinski definition) is 1. The lowest BCUT2D eigenvalue weighted by Gasteiger charge is -2.26. The number of amides is 1. The minimum Gasteiger partial charge on any atom is -0.491 e. The van der Waals surface area contributed by atoms with E-state index < -0.39 is 11.6 Å². The van der Waals surface area contributed by atoms with E-state index in [1.54, 1.807) is 36.4 Å². The van der Waals surface area contributed by atoms with Crippen molar-refractivity contribution >= 4 is 23.3 Å². The zero-order valence-corrected chi connectivity index (χ0v) is 17.2. The smallest absolute Gasteiger partial charge is 0.332 e. The van der Waals surface area contributed by atoms with E-state index in [1.165, 1.54) is 0 Å². The predicted octanol–water partition coefficient (Wildman–Crippen LogP) is 4.15.